The van der Waals surface area contributed by atoms with Crippen molar-refractivity contribution < 1.29 is 14.6 Å². The van der Waals surface area contributed by atoms with Crippen LogP contribution in [0.5, 0.6) is 0 Å². The molecule has 1 fully saturated rings. The third-order valence-corrected chi connectivity index (χ3v) is 4.74. The number of fused-ring (bicyclic) bond motifs is 1. The number of carboxylic acid groups (broad SMARTS) is 1. The van der Waals surface area contributed by atoms with Gasteiger partial charge in [0.2, 0.25) is 0 Å². The van der Waals surface area contributed by atoms with Crippen LogP contribution in [0.25, 0.3) is 0 Å². The Kier molecular flexibility index (Phi) is 3.22. The minimum atomic E-state index is -0.679. The van der Waals surface area contributed by atoms with E-state index in [2.05, 4.69) is 9.88 Å². The lowest BCUT2D eigenvalue weighted by Gasteiger charge is -2.26. The highest BCUT2D eigenvalue weighted by molar-refractivity contribution is 7.15. The van der Waals surface area contributed by atoms with Crippen LogP contribution in [0.3, 0.4) is 0 Å². The molecule has 0 aromatic carbocycles. The zero-order valence-corrected chi connectivity index (χ0v) is 10.9. The Bertz CT molecular complexity index is 454. The minimum absolute atomic E-state index is 0.226. The predicted molar refractivity (Wildman–Crippen MR) is 68.3 cm³/mol. The second kappa shape index (κ2) is 4.85. The summed E-state index contributed by atoms with van der Waals surface area (Å²) in [6, 6.07) is 0. The summed E-state index contributed by atoms with van der Waals surface area (Å²) in [6.07, 6.45) is 2.16. The molecule has 2 aliphatic rings. The van der Waals surface area contributed by atoms with E-state index in [0.29, 0.717) is 12.8 Å². The van der Waals surface area contributed by atoms with Crippen molar-refractivity contribution in [3.05, 3.63) is 10.6 Å². The molecule has 98 valence electrons. The Hall–Kier alpha value is -1.14. The normalized spacial score (nSPS) is 23.8. The van der Waals surface area contributed by atoms with E-state index in [4.69, 9.17) is 9.84 Å². The second-order valence-electron chi connectivity index (χ2n) is 4.74. The lowest BCUT2D eigenvalue weighted by molar-refractivity contribution is -0.142. The van der Waals surface area contributed by atoms with Crippen molar-refractivity contribution in [3.8, 4) is 0 Å². The summed E-state index contributed by atoms with van der Waals surface area (Å²) in [5.41, 5.74) is 1.11. The number of hydrogen-bond acceptors (Lipinski definition) is 5. The van der Waals surface area contributed by atoms with E-state index in [1.807, 2.05) is 0 Å². The van der Waals surface area contributed by atoms with Gasteiger partial charge in [0, 0.05) is 18.0 Å². The number of hydrogen-bond donors (Lipinski definition) is 1. The van der Waals surface area contributed by atoms with Crippen molar-refractivity contribution >= 4 is 22.4 Å². The number of carboxylic acids is 1. The number of ether oxygens (including phenoxy) is 1. The molecule has 0 bridgehead atoms. The second-order valence-corrected chi connectivity index (χ2v) is 5.81. The number of anilines is 1. The summed E-state index contributed by atoms with van der Waals surface area (Å²) in [4.78, 5) is 19.1. The molecule has 2 heterocycles. The van der Waals surface area contributed by atoms with Crippen LogP contribution >= 0.6 is 11.3 Å². The van der Waals surface area contributed by atoms with Gasteiger partial charge in [0.15, 0.2) is 5.13 Å². The van der Waals surface area contributed by atoms with Gasteiger partial charge in [0.1, 0.15) is 0 Å². The molecule has 1 aliphatic heterocycles. The molecule has 18 heavy (non-hydrogen) atoms. The largest absolute Gasteiger partial charge is 0.481 e. The number of aryl methyl sites for hydroxylation is 1. The minimum Gasteiger partial charge on any atom is -0.481 e. The van der Waals surface area contributed by atoms with Gasteiger partial charge in [-0.05, 0) is 19.3 Å². The average Bonchev–Trinajstić information content (AvgIpc) is 2.82. The number of carbonyl (C=O) groups is 1. The number of nitrogens with zero attached hydrogens (tertiary/aromatic N) is 2. The first-order chi connectivity index (χ1) is 8.74. The first kappa shape index (κ1) is 11.9. The molecule has 1 aromatic heterocycles. The van der Waals surface area contributed by atoms with E-state index in [1.165, 1.54) is 0 Å². The molecule has 1 aliphatic carbocycles. The van der Waals surface area contributed by atoms with E-state index < -0.39 is 5.97 Å². The Morgan fingerprint density at radius 3 is 2.94 bits per heavy atom. The van der Waals surface area contributed by atoms with Crippen molar-refractivity contribution in [2.45, 2.75) is 19.3 Å². The van der Waals surface area contributed by atoms with Crippen LogP contribution < -0.4 is 4.90 Å². The quantitative estimate of drug-likeness (QED) is 0.872. The maximum Gasteiger partial charge on any atom is 0.306 e. The average molecular weight is 268 g/mol. The van der Waals surface area contributed by atoms with Crippen LogP contribution in [0.2, 0.25) is 0 Å². The summed E-state index contributed by atoms with van der Waals surface area (Å²) >= 11 is 1.66. The summed E-state index contributed by atoms with van der Waals surface area (Å²) in [5, 5.41) is 10.1. The van der Waals surface area contributed by atoms with Gasteiger partial charge in [-0.2, -0.15) is 0 Å². The van der Waals surface area contributed by atoms with Gasteiger partial charge >= 0.3 is 5.97 Å². The van der Waals surface area contributed by atoms with Crippen LogP contribution in [0.4, 0.5) is 5.13 Å². The molecular weight excluding hydrogens is 252 g/mol. The van der Waals surface area contributed by atoms with Crippen LogP contribution in [0, 0.1) is 5.92 Å². The smallest absolute Gasteiger partial charge is 0.306 e. The zero-order valence-electron chi connectivity index (χ0n) is 10.1. The summed E-state index contributed by atoms with van der Waals surface area (Å²) < 4.78 is 5.33. The first-order valence-electron chi connectivity index (χ1n) is 6.28. The van der Waals surface area contributed by atoms with Gasteiger partial charge in [-0.3, -0.25) is 4.79 Å². The topological polar surface area (TPSA) is 62.7 Å². The van der Waals surface area contributed by atoms with Crippen LogP contribution in [0.1, 0.15) is 17.0 Å². The van der Waals surface area contributed by atoms with Gasteiger partial charge in [0.25, 0.3) is 0 Å². The van der Waals surface area contributed by atoms with Gasteiger partial charge in [-0.1, -0.05) is 0 Å². The number of morpholine rings is 1. The molecule has 1 aromatic rings. The number of rotatable bonds is 2. The number of aliphatic carboxylic acids is 1. The summed E-state index contributed by atoms with van der Waals surface area (Å²) in [6.45, 7) is 3.27. The Morgan fingerprint density at radius 2 is 2.22 bits per heavy atom. The highest BCUT2D eigenvalue weighted by Gasteiger charge is 2.28. The van der Waals surface area contributed by atoms with Crippen molar-refractivity contribution in [2.24, 2.45) is 5.92 Å². The van der Waals surface area contributed by atoms with Crippen molar-refractivity contribution in [1.29, 1.82) is 0 Å². The zero-order chi connectivity index (χ0) is 12.5. The fourth-order valence-corrected chi connectivity index (χ4v) is 3.70. The van der Waals surface area contributed by atoms with E-state index in [0.717, 1.165) is 48.4 Å². The van der Waals surface area contributed by atoms with Crippen molar-refractivity contribution in [3.63, 3.8) is 0 Å². The molecule has 0 saturated carbocycles. The molecule has 0 amide bonds. The fourth-order valence-electron chi connectivity index (χ4n) is 2.46. The van der Waals surface area contributed by atoms with E-state index >= 15 is 0 Å². The third kappa shape index (κ3) is 2.22. The van der Waals surface area contributed by atoms with Gasteiger partial charge in [-0.25, -0.2) is 4.98 Å². The van der Waals surface area contributed by atoms with E-state index in [1.54, 1.807) is 11.3 Å². The number of thiazole rings is 1. The maximum atomic E-state index is 11.0. The Labute approximate surface area is 109 Å². The Balaban J connectivity index is 1.78. The monoisotopic (exact) mass is 268 g/mol. The van der Waals surface area contributed by atoms with Gasteiger partial charge < -0.3 is 14.7 Å². The number of aromatic nitrogens is 1. The molecule has 0 radical (unpaired) electrons. The van der Waals surface area contributed by atoms with Crippen LogP contribution in [-0.2, 0) is 22.4 Å². The summed E-state index contributed by atoms with van der Waals surface area (Å²) in [5.74, 6) is -0.905. The molecule has 1 N–H and O–H groups in total. The van der Waals surface area contributed by atoms with Crippen LogP contribution in [-0.4, -0.2) is 42.4 Å². The standard InChI is InChI=1S/C12H16N2O3S/c15-11(16)8-1-2-9-10(7-8)18-12(13-9)14-3-5-17-6-4-14/h8H,1-7H2,(H,15,16). The SMILES string of the molecule is O=C(O)C1CCc2nc(N3CCOCC3)sc2C1. The molecule has 1 saturated heterocycles. The molecule has 5 nitrogen and oxygen atoms in total. The molecule has 6 heteroatoms. The lowest BCUT2D eigenvalue weighted by atomic mass is 9.91. The van der Waals surface area contributed by atoms with Crippen molar-refractivity contribution in [2.75, 3.05) is 31.2 Å². The highest BCUT2D eigenvalue weighted by Crippen LogP contribution is 2.34. The first-order valence-corrected chi connectivity index (χ1v) is 7.10. The van der Waals surface area contributed by atoms with Gasteiger partial charge in [-0.15, -0.1) is 11.3 Å². The fraction of sp³-hybridized carbons (Fsp3) is 0.667. The maximum absolute atomic E-state index is 11.0. The third-order valence-electron chi connectivity index (χ3n) is 3.56. The Morgan fingerprint density at radius 1 is 1.44 bits per heavy atom. The molecular formula is C12H16N2O3S. The molecule has 3 rings (SSSR count). The summed E-state index contributed by atoms with van der Waals surface area (Å²) in [7, 11) is 0. The molecule has 0 spiro atoms. The highest BCUT2D eigenvalue weighted by atomic mass is 32.1. The lowest BCUT2D eigenvalue weighted by Crippen LogP contribution is -2.36. The van der Waals surface area contributed by atoms with E-state index in [9.17, 15) is 4.79 Å². The molecule has 1 unspecified atom stereocenters. The van der Waals surface area contributed by atoms with Crippen molar-refractivity contribution in [1.82, 2.24) is 4.98 Å². The predicted octanol–water partition coefficient (Wildman–Crippen LogP) is 1.17. The van der Waals surface area contributed by atoms with Gasteiger partial charge in [0.05, 0.1) is 24.8 Å². The van der Waals surface area contributed by atoms with Crippen LogP contribution in [0.15, 0.2) is 0 Å². The molecule has 1 atom stereocenters. The van der Waals surface area contributed by atoms with E-state index in [-0.39, 0.29) is 5.92 Å².